The van der Waals surface area contributed by atoms with E-state index in [2.05, 4.69) is 10.6 Å². The number of carbonyl (C=O) groups excluding carboxylic acids is 3. The van der Waals surface area contributed by atoms with Gasteiger partial charge in [-0.25, -0.2) is 17.6 Å². The number of benzene rings is 2. The van der Waals surface area contributed by atoms with E-state index in [1.165, 1.54) is 4.90 Å². The number of fused-ring (bicyclic) bond motifs is 1. The highest BCUT2D eigenvalue weighted by molar-refractivity contribution is 7.92. The van der Waals surface area contributed by atoms with E-state index < -0.39 is 80.1 Å². The topological polar surface area (TPSA) is 136 Å². The maximum atomic E-state index is 13.9. The van der Waals surface area contributed by atoms with Gasteiger partial charge < -0.3 is 15.3 Å². The van der Waals surface area contributed by atoms with Crippen LogP contribution >= 0.6 is 0 Å². The van der Waals surface area contributed by atoms with E-state index in [1.807, 2.05) is 0 Å². The second-order valence-electron chi connectivity index (χ2n) is 11.1. The van der Waals surface area contributed by atoms with Crippen molar-refractivity contribution >= 4 is 33.6 Å². The monoisotopic (exact) mass is 666 g/mol. The maximum absolute atomic E-state index is 13.9. The van der Waals surface area contributed by atoms with Crippen LogP contribution < -0.4 is 14.9 Å². The number of nitrogens with zero attached hydrogens (tertiary/aromatic N) is 2. The van der Waals surface area contributed by atoms with Crippen LogP contribution in [0.1, 0.15) is 36.8 Å². The molecule has 0 saturated carbocycles. The first-order chi connectivity index (χ1) is 20.8. The number of carbonyl (C=O) groups is 3. The van der Waals surface area contributed by atoms with Crippen LogP contribution in [-0.4, -0.2) is 73.3 Å². The number of amides is 4. The number of urea groups is 1. The van der Waals surface area contributed by atoms with Gasteiger partial charge in [0.15, 0.2) is 0 Å². The number of hydrogen-bond donors (Lipinski definition) is 3. The van der Waals surface area contributed by atoms with Gasteiger partial charge in [-0.05, 0) is 61.6 Å². The first-order valence-electron chi connectivity index (χ1n) is 13.5. The molecule has 3 aliphatic rings. The molecule has 1 atom stereocenters. The molecule has 4 amide bonds. The van der Waals surface area contributed by atoms with Crippen molar-refractivity contribution in [2.75, 3.05) is 17.4 Å². The molecule has 1 unspecified atom stereocenters. The van der Waals surface area contributed by atoms with Crippen LogP contribution in [-0.2, 0) is 31.6 Å². The number of anilines is 1. The van der Waals surface area contributed by atoms with Gasteiger partial charge in [-0.2, -0.15) is 26.3 Å². The van der Waals surface area contributed by atoms with Crippen LogP contribution in [0.3, 0.4) is 0 Å². The van der Waals surface area contributed by atoms with E-state index in [9.17, 15) is 58.6 Å². The number of imide groups is 1. The third-order valence-electron chi connectivity index (χ3n) is 8.40. The Morgan fingerprint density at radius 2 is 1.58 bits per heavy atom. The van der Waals surface area contributed by atoms with Crippen LogP contribution in [0, 0.1) is 5.82 Å². The molecule has 45 heavy (non-hydrogen) atoms. The molecule has 1 spiro atoms. The fourth-order valence-electron chi connectivity index (χ4n) is 5.93. The van der Waals surface area contributed by atoms with Gasteiger partial charge in [-0.1, -0.05) is 12.1 Å². The Kier molecular flexibility index (Phi) is 7.83. The smallest absolute Gasteiger partial charge is 0.369 e. The van der Waals surface area contributed by atoms with E-state index in [-0.39, 0.29) is 50.0 Å². The van der Waals surface area contributed by atoms with Crippen LogP contribution in [0.25, 0.3) is 0 Å². The first-order valence-corrected chi connectivity index (χ1v) is 14.9. The fourth-order valence-corrected chi connectivity index (χ4v) is 7.65. The number of aliphatic hydroxyl groups is 1. The average molecular weight is 667 g/mol. The van der Waals surface area contributed by atoms with Crippen LogP contribution in [0.15, 0.2) is 47.4 Å². The fraction of sp³-hybridized carbons (Fsp3) is 0.444. The molecule has 0 aromatic heterocycles. The van der Waals surface area contributed by atoms with Gasteiger partial charge in [0, 0.05) is 25.1 Å². The molecule has 0 bridgehead atoms. The Morgan fingerprint density at radius 3 is 2.11 bits per heavy atom. The quantitative estimate of drug-likeness (QED) is 0.332. The molecular formula is C27H25F7N4O6S. The number of piperidine rings is 1. The van der Waals surface area contributed by atoms with Gasteiger partial charge in [0.05, 0.1) is 16.6 Å². The Morgan fingerprint density at radius 1 is 0.978 bits per heavy atom. The lowest BCUT2D eigenvalue weighted by Gasteiger charge is -2.41. The van der Waals surface area contributed by atoms with E-state index in [0.29, 0.717) is 18.2 Å². The molecule has 5 rings (SSSR count). The van der Waals surface area contributed by atoms with Gasteiger partial charge in [0.25, 0.3) is 21.5 Å². The summed E-state index contributed by atoms with van der Waals surface area (Å²) in [5.74, 6) is -1.87. The van der Waals surface area contributed by atoms with Crippen LogP contribution in [0.4, 0.5) is 41.2 Å². The Balaban J connectivity index is 1.49. The Hall–Kier alpha value is -3.93. The van der Waals surface area contributed by atoms with Crippen molar-refractivity contribution < 1.29 is 58.6 Å². The predicted molar refractivity (Wildman–Crippen MR) is 140 cm³/mol. The van der Waals surface area contributed by atoms with Crippen molar-refractivity contribution in [2.45, 2.75) is 66.5 Å². The van der Waals surface area contributed by atoms with Crippen molar-refractivity contribution in [1.82, 2.24) is 15.5 Å². The average Bonchev–Trinajstić information content (AvgIpc) is 3.22. The lowest BCUT2D eigenvalue weighted by Crippen LogP contribution is -2.56. The van der Waals surface area contributed by atoms with E-state index in [4.69, 9.17) is 0 Å². The van der Waals surface area contributed by atoms with Gasteiger partial charge in [0.2, 0.25) is 5.91 Å². The third-order valence-corrected chi connectivity index (χ3v) is 10.3. The number of aryl methyl sites for hydroxylation is 1. The Bertz CT molecular complexity index is 1620. The highest BCUT2D eigenvalue weighted by atomic mass is 32.2. The summed E-state index contributed by atoms with van der Waals surface area (Å²) in [5.41, 5.74) is -8.59. The minimum absolute atomic E-state index is 0.0252. The molecule has 18 heteroatoms. The molecule has 2 saturated heterocycles. The lowest BCUT2D eigenvalue weighted by molar-refractivity contribution is -0.376. The molecule has 2 fully saturated rings. The number of rotatable bonds is 5. The van der Waals surface area contributed by atoms with E-state index in [1.54, 1.807) is 0 Å². The highest BCUT2D eigenvalue weighted by Crippen LogP contribution is 2.51. The third kappa shape index (κ3) is 5.47. The minimum atomic E-state index is -6.17. The molecule has 2 aromatic rings. The highest BCUT2D eigenvalue weighted by Gasteiger charge is 2.71. The zero-order valence-corrected chi connectivity index (χ0v) is 23.8. The van der Waals surface area contributed by atoms with Gasteiger partial charge >= 0.3 is 18.4 Å². The van der Waals surface area contributed by atoms with Crippen molar-refractivity contribution in [1.29, 1.82) is 0 Å². The van der Waals surface area contributed by atoms with Gasteiger partial charge in [-0.3, -0.25) is 19.2 Å². The Labute approximate surface area is 251 Å². The van der Waals surface area contributed by atoms with Crippen LogP contribution in [0.5, 0.6) is 0 Å². The molecule has 244 valence electrons. The molecule has 3 aliphatic heterocycles. The second kappa shape index (κ2) is 10.9. The van der Waals surface area contributed by atoms with Crippen molar-refractivity contribution in [2.24, 2.45) is 0 Å². The lowest BCUT2D eigenvalue weighted by atomic mass is 9.86. The minimum Gasteiger partial charge on any atom is -0.369 e. The summed E-state index contributed by atoms with van der Waals surface area (Å²) in [6, 6.07) is 3.15. The van der Waals surface area contributed by atoms with E-state index in [0.717, 1.165) is 28.6 Å². The molecule has 3 heterocycles. The second-order valence-corrected chi connectivity index (χ2v) is 12.9. The summed E-state index contributed by atoms with van der Waals surface area (Å²) >= 11 is 0. The molecule has 0 aliphatic carbocycles. The summed E-state index contributed by atoms with van der Waals surface area (Å²) in [7, 11) is -4.67. The summed E-state index contributed by atoms with van der Waals surface area (Å²) in [6.45, 7) is 0.0504. The predicted octanol–water partition coefficient (Wildman–Crippen LogP) is 3.24. The van der Waals surface area contributed by atoms with E-state index >= 15 is 0 Å². The normalized spacial score (nSPS) is 20.6. The largest absolute Gasteiger partial charge is 0.430 e. The zero-order chi connectivity index (χ0) is 33.2. The number of halogens is 7. The summed E-state index contributed by atoms with van der Waals surface area (Å²) in [5, 5.41) is 14.6. The number of likely N-dealkylation sites (tertiary alicyclic amines) is 1. The first kappa shape index (κ1) is 32.5. The molecule has 0 radical (unpaired) electrons. The number of alkyl halides is 6. The summed E-state index contributed by atoms with van der Waals surface area (Å²) in [6.07, 6.45) is -13.1. The molecular weight excluding hydrogens is 641 g/mol. The molecule has 2 aromatic carbocycles. The number of sulfonamides is 1. The molecule has 10 nitrogen and oxygen atoms in total. The van der Waals surface area contributed by atoms with Gasteiger partial charge in [0.1, 0.15) is 11.4 Å². The van der Waals surface area contributed by atoms with Crippen molar-refractivity contribution in [3.8, 4) is 0 Å². The summed E-state index contributed by atoms with van der Waals surface area (Å²) < 4.78 is 123. The van der Waals surface area contributed by atoms with Crippen molar-refractivity contribution in [3.63, 3.8) is 0 Å². The zero-order valence-electron chi connectivity index (χ0n) is 23.0. The molecule has 3 N–H and O–H groups in total. The van der Waals surface area contributed by atoms with Crippen molar-refractivity contribution in [3.05, 3.63) is 59.4 Å². The summed E-state index contributed by atoms with van der Waals surface area (Å²) in [4.78, 5) is 38.1. The maximum Gasteiger partial charge on any atom is 0.430 e. The SMILES string of the molecule is O=C1NC(=O)C2(CCN(C(=O)CC3CCc4cc(C(O)(C(F)(F)F)C(F)(F)F)ccc4N3S(=O)(=O)c3ccc(F)cc3)CC2)N1. The van der Waals surface area contributed by atoms with Gasteiger partial charge in [-0.15, -0.1) is 0 Å². The number of hydrogen-bond acceptors (Lipinski definition) is 6. The number of nitrogens with one attached hydrogen (secondary N) is 2. The standard InChI is InChI=1S/C27H25F7N4O6S/c28-17-3-6-19(7-4-17)45(43,44)38-18(14-21(39)37-11-9-24(10-12-37)22(40)35-23(41)36-24)5-1-15-13-16(2-8-20(15)38)25(42,26(29,30)31)27(32,33)34/h2-4,6-8,13,18,42H,1,5,9-12,14H2,(H2,35,36,40,41). The van der Waals surface area contributed by atoms with Crippen LogP contribution in [0.2, 0.25) is 0 Å².